The molecule has 0 atom stereocenters. The van der Waals surface area contributed by atoms with Crippen LogP contribution in [0.1, 0.15) is 5.56 Å². The molecule has 132 valence electrons. The number of amidine groups is 1. The van der Waals surface area contributed by atoms with E-state index in [1.165, 1.54) is 17.3 Å². The molecule has 0 spiro atoms. The van der Waals surface area contributed by atoms with E-state index in [2.05, 4.69) is 29.3 Å². The molecule has 1 amide bonds. The third-order valence-electron chi connectivity index (χ3n) is 4.30. The number of thioether (sulfide) groups is 1. The molecule has 0 unspecified atom stereocenters. The Kier molecular flexibility index (Phi) is 4.90. The zero-order valence-corrected chi connectivity index (χ0v) is 15.7. The van der Waals surface area contributed by atoms with Crippen LogP contribution in [0.25, 0.3) is 17.2 Å². The fraction of sp³-hybridized carbons (Fsp3) is 0.0435. The quantitative estimate of drug-likeness (QED) is 0.563. The fourth-order valence-corrected chi connectivity index (χ4v) is 3.81. The number of amides is 1. The Bertz CT molecular complexity index is 1010. The van der Waals surface area contributed by atoms with Gasteiger partial charge in [0.2, 0.25) is 0 Å². The average Bonchev–Trinajstić information content (AvgIpc) is 2.98. The van der Waals surface area contributed by atoms with Crippen LogP contribution in [-0.2, 0) is 4.79 Å². The molecule has 1 saturated heterocycles. The van der Waals surface area contributed by atoms with E-state index in [-0.39, 0.29) is 5.91 Å². The van der Waals surface area contributed by atoms with Gasteiger partial charge in [0.15, 0.2) is 5.17 Å². The molecule has 3 aromatic rings. The van der Waals surface area contributed by atoms with Crippen LogP contribution >= 0.6 is 11.8 Å². The number of carbonyl (C=O) groups is 1. The minimum atomic E-state index is -0.0261. The largest absolute Gasteiger partial charge is 0.290 e. The van der Waals surface area contributed by atoms with Crippen LogP contribution in [0.15, 0.2) is 94.8 Å². The highest BCUT2D eigenvalue weighted by Crippen LogP contribution is 2.33. The number of likely N-dealkylation sites (N-methyl/N-ethyl adjacent to an activating group) is 1. The predicted octanol–water partition coefficient (Wildman–Crippen LogP) is 5.59. The highest BCUT2D eigenvalue weighted by Gasteiger charge is 2.30. The lowest BCUT2D eigenvalue weighted by Crippen LogP contribution is -2.23. The van der Waals surface area contributed by atoms with Crippen LogP contribution in [0.2, 0.25) is 0 Å². The summed E-state index contributed by atoms with van der Waals surface area (Å²) >= 11 is 1.40. The van der Waals surface area contributed by atoms with Gasteiger partial charge in [0.1, 0.15) is 0 Å². The lowest BCUT2D eigenvalue weighted by atomic mass is 10.0. The molecule has 1 heterocycles. The van der Waals surface area contributed by atoms with Gasteiger partial charge in [-0.05, 0) is 46.7 Å². The van der Waals surface area contributed by atoms with Gasteiger partial charge in [-0.3, -0.25) is 9.69 Å². The van der Waals surface area contributed by atoms with E-state index in [1.54, 1.807) is 11.9 Å². The van der Waals surface area contributed by atoms with E-state index in [0.29, 0.717) is 10.1 Å². The molecule has 0 aliphatic carbocycles. The van der Waals surface area contributed by atoms with Crippen LogP contribution < -0.4 is 0 Å². The highest BCUT2D eigenvalue weighted by molar-refractivity contribution is 8.18. The summed E-state index contributed by atoms with van der Waals surface area (Å²) < 4.78 is 0. The van der Waals surface area contributed by atoms with E-state index >= 15 is 0 Å². The summed E-state index contributed by atoms with van der Waals surface area (Å²) in [4.78, 5) is 19.4. The van der Waals surface area contributed by atoms with Crippen LogP contribution in [0.4, 0.5) is 5.69 Å². The Morgan fingerprint density at radius 3 is 2.07 bits per heavy atom. The smallest absolute Gasteiger partial charge is 0.266 e. The SMILES string of the molecule is CN1C(=O)/C(=C/c2ccc(-c3ccccc3)cc2)S/C1=N/c1ccccc1. The monoisotopic (exact) mass is 370 g/mol. The second-order valence-corrected chi connectivity index (χ2v) is 7.20. The van der Waals surface area contributed by atoms with Crippen molar-refractivity contribution >= 4 is 34.6 Å². The van der Waals surface area contributed by atoms with E-state index in [4.69, 9.17) is 0 Å². The summed E-state index contributed by atoms with van der Waals surface area (Å²) in [5.74, 6) is -0.0261. The van der Waals surface area contributed by atoms with Crippen LogP contribution in [0, 0.1) is 0 Å². The number of aliphatic imine (C=N–C) groups is 1. The van der Waals surface area contributed by atoms with Crippen LogP contribution in [-0.4, -0.2) is 23.0 Å². The minimum Gasteiger partial charge on any atom is -0.290 e. The molecule has 1 aliphatic rings. The number of carbonyl (C=O) groups excluding carboxylic acids is 1. The number of rotatable bonds is 3. The maximum atomic E-state index is 12.6. The molecule has 0 bridgehead atoms. The van der Waals surface area contributed by atoms with Crippen molar-refractivity contribution < 1.29 is 4.79 Å². The number of hydrogen-bond acceptors (Lipinski definition) is 3. The molecule has 0 radical (unpaired) electrons. The first-order valence-electron chi connectivity index (χ1n) is 8.67. The van der Waals surface area contributed by atoms with Crippen LogP contribution in [0.3, 0.4) is 0 Å². The summed E-state index contributed by atoms with van der Waals surface area (Å²) in [5, 5.41) is 0.693. The van der Waals surface area contributed by atoms with Crippen molar-refractivity contribution in [3.63, 3.8) is 0 Å². The first-order chi connectivity index (χ1) is 13.2. The zero-order chi connectivity index (χ0) is 18.6. The maximum absolute atomic E-state index is 12.6. The van der Waals surface area contributed by atoms with Gasteiger partial charge in [0.05, 0.1) is 10.6 Å². The molecular weight excluding hydrogens is 352 g/mol. The number of nitrogens with zero attached hydrogens (tertiary/aromatic N) is 2. The van der Waals surface area contributed by atoms with Crippen molar-refractivity contribution in [1.29, 1.82) is 0 Å². The van der Waals surface area contributed by atoms with E-state index in [9.17, 15) is 4.79 Å². The standard InChI is InChI=1S/C23H18N2OS/c1-25-22(26)21(27-23(25)24-20-10-6-3-7-11-20)16-17-12-14-19(15-13-17)18-8-4-2-5-9-18/h2-16H,1H3/b21-16-,24-23+. The summed E-state index contributed by atoms with van der Waals surface area (Å²) in [6.45, 7) is 0. The Morgan fingerprint density at radius 1 is 0.815 bits per heavy atom. The van der Waals surface area contributed by atoms with Crippen molar-refractivity contribution in [2.24, 2.45) is 4.99 Å². The van der Waals surface area contributed by atoms with Gasteiger partial charge in [-0.15, -0.1) is 0 Å². The Hall–Kier alpha value is -3.11. The minimum absolute atomic E-state index is 0.0261. The molecule has 1 fully saturated rings. The highest BCUT2D eigenvalue weighted by atomic mass is 32.2. The van der Waals surface area contributed by atoms with Crippen molar-refractivity contribution in [3.05, 3.63) is 95.4 Å². The van der Waals surface area contributed by atoms with E-state index in [0.717, 1.165) is 16.8 Å². The molecule has 0 aromatic heterocycles. The number of benzene rings is 3. The summed E-state index contributed by atoms with van der Waals surface area (Å²) in [5.41, 5.74) is 4.18. The van der Waals surface area contributed by atoms with Gasteiger partial charge in [0.25, 0.3) is 5.91 Å². The topological polar surface area (TPSA) is 32.7 Å². The molecular formula is C23H18N2OS. The maximum Gasteiger partial charge on any atom is 0.266 e. The Morgan fingerprint density at radius 2 is 1.41 bits per heavy atom. The zero-order valence-electron chi connectivity index (χ0n) is 14.9. The normalized spacial score (nSPS) is 17.1. The van der Waals surface area contributed by atoms with Gasteiger partial charge in [0, 0.05) is 7.05 Å². The van der Waals surface area contributed by atoms with E-state index in [1.807, 2.05) is 66.7 Å². The molecule has 27 heavy (non-hydrogen) atoms. The second-order valence-electron chi connectivity index (χ2n) is 6.19. The Balaban J connectivity index is 1.57. The first kappa shape index (κ1) is 17.3. The van der Waals surface area contributed by atoms with Crippen molar-refractivity contribution in [1.82, 2.24) is 4.90 Å². The molecule has 3 aromatic carbocycles. The molecule has 4 rings (SSSR count). The van der Waals surface area contributed by atoms with Crippen molar-refractivity contribution in [3.8, 4) is 11.1 Å². The van der Waals surface area contributed by atoms with Crippen molar-refractivity contribution in [2.75, 3.05) is 7.05 Å². The van der Waals surface area contributed by atoms with Gasteiger partial charge in [-0.2, -0.15) is 0 Å². The molecule has 4 heteroatoms. The molecule has 1 aliphatic heterocycles. The number of para-hydroxylation sites is 1. The molecule has 0 saturated carbocycles. The van der Waals surface area contributed by atoms with Gasteiger partial charge in [-0.25, -0.2) is 4.99 Å². The van der Waals surface area contributed by atoms with Gasteiger partial charge < -0.3 is 0 Å². The number of hydrogen-bond donors (Lipinski definition) is 0. The summed E-state index contributed by atoms with van der Waals surface area (Å²) in [7, 11) is 1.76. The second kappa shape index (κ2) is 7.64. The molecule has 0 N–H and O–H groups in total. The summed E-state index contributed by atoms with van der Waals surface area (Å²) in [6.07, 6.45) is 1.92. The van der Waals surface area contributed by atoms with Crippen molar-refractivity contribution in [2.45, 2.75) is 0 Å². The third-order valence-corrected chi connectivity index (χ3v) is 5.36. The van der Waals surface area contributed by atoms with Gasteiger partial charge >= 0.3 is 0 Å². The third kappa shape index (κ3) is 3.86. The van der Waals surface area contributed by atoms with E-state index < -0.39 is 0 Å². The molecule has 3 nitrogen and oxygen atoms in total. The fourth-order valence-electron chi connectivity index (χ4n) is 2.82. The first-order valence-corrected chi connectivity index (χ1v) is 9.49. The van der Waals surface area contributed by atoms with Gasteiger partial charge in [-0.1, -0.05) is 72.8 Å². The lowest BCUT2D eigenvalue weighted by molar-refractivity contribution is -0.121. The summed E-state index contributed by atoms with van der Waals surface area (Å²) in [6, 6.07) is 28.2. The average molecular weight is 370 g/mol. The Labute approximate surface area is 163 Å². The lowest BCUT2D eigenvalue weighted by Gasteiger charge is -2.06. The van der Waals surface area contributed by atoms with Crippen LogP contribution in [0.5, 0.6) is 0 Å². The predicted molar refractivity (Wildman–Crippen MR) is 114 cm³/mol.